The third-order valence-electron chi connectivity index (χ3n) is 4.01. The average Bonchev–Trinajstić information content (AvgIpc) is 2.77. The van der Waals surface area contributed by atoms with Gasteiger partial charge in [-0.3, -0.25) is 9.69 Å². The molecule has 0 spiro atoms. The highest BCUT2D eigenvalue weighted by molar-refractivity contribution is 9.10. The molecular weight excluding hydrogens is 302 g/mol. The highest BCUT2D eigenvalue weighted by atomic mass is 79.9. The van der Waals surface area contributed by atoms with Gasteiger partial charge >= 0.3 is 0 Å². The van der Waals surface area contributed by atoms with E-state index in [9.17, 15) is 4.79 Å². The number of rotatable bonds is 3. The Labute approximate surface area is 124 Å². The van der Waals surface area contributed by atoms with E-state index in [1.54, 1.807) is 0 Å². The maximum Gasteiger partial charge on any atom is 0.176 e. The number of halogens is 1. The van der Waals surface area contributed by atoms with Crippen molar-refractivity contribution in [2.24, 2.45) is 11.3 Å². The third kappa shape index (κ3) is 3.90. The second kappa shape index (κ2) is 5.76. The summed E-state index contributed by atoms with van der Waals surface area (Å²) in [6.45, 7) is 9.50. The summed E-state index contributed by atoms with van der Waals surface area (Å²) >= 11 is 3.41. The van der Waals surface area contributed by atoms with Crippen molar-refractivity contribution in [3.63, 3.8) is 0 Å². The SMILES string of the molecule is CC(C)(C)C1CCN(CC(=O)c2cccc(Br)c2)C1. The van der Waals surface area contributed by atoms with E-state index >= 15 is 0 Å². The van der Waals surface area contributed by atoms with Crippen LogP contribution in [0.1, 0.15) is 37.6 Å². The summed E-state index contributed by atoms with van der Waals surface area (Å²) < 4.78 is 0.965. The summed E-state index contributed by atoms with van der Waals surface area (Å²) in [5.74, 6) is 0.915. The van der Waals surface area contributed by atoms with Crippen molar-refractivity contribution in [2.45, 2.75) is 27.2 Å². The molecule has 1 aliphatic heterocycles. The first-order chi connectivity index (χ1) is 8.86. The minimum absolute atomic E-state index is 0.218. The lowest BCUT2D eigenvalue weighted by atomic mass is 9.80. The standard InChI is InChI=1S/C16H22BrNO/c1-16(2,3)13-7-8-18(10-13)11-15(19)12-5-4-6-14(17)9-12/h4-6,9,13H,7-8,10-11H2,1-3H3. The van der Waals surface area contributed by atoms with Gasteiger partial charge in [0.05, 0.1) is 6.54 Å². The topological polar surface area (TPSA) is 20.3 Å². The summed E-state index contributed by atoms with van der Waals surface area (Å²) in [5.41, 5.74) is 1.14. The maximum absolute atomic E-state index is 12.2. The van der Waals surface area contributed by atoms with E-state index in [-0.39, 0.29) is 5.78 Å². The molecular formula is C16H22BrNO. The molecule has 0 N–H and O–H groups in total. The number of carbonyl (C=O) groups excluding carboxylic acids is 1. The third-order valence-corrected chi connectivity index (χ3v) is 4.50. The molecule has 0 aromatic heterocycles. The number of likely N-dealkylation sites (tertiary alicyclic amines) is 1. The van der Waals surface area contributed by atoms with Gasteiger partial charge in [0, 0.05) is 16.6 Å². The Morgan fingerprint density at radius 2 is 2.16 bits per heavy atom. The maximum atomic E-state index is 12.2. The zero-order valence-electron chi connectivity index (χ0n) is 11.9. The van der Waals surface area contributed by atoms with Crippen LogP contribution >= 0.6 is 15.9 Å². The van der Waals surface area contributed by atoms with Gasteiger partial charge in [0.1, 0.15) is 0 Å². The highest BCUT2D eigenvalue weighted by Gasteiger charge is 2.32. The fourth-order valence-corrected chi connectivity index (χ4v) is 3.04. The lowest BCUT2D eigenvalue weighted by molar-refractivity contribution is 0.0938. The van der Waals surface area contributed by atoms with Gasteiger partial charge in [0.25, 0.3) is 0 Å². The van der Waals surface area contributed by atoms with Gasteiger partial charge in [-0.05, 0) is 36.4 Å². The van der Waals surface area contributed by atoms with Crippen molar-refractivity contribution >= 4 is 21.7 Å². The predicted molar refractivity (Wildman–Crippen MR) is 82.5 cm³/mol. The molecule has 0 radical (unpaired) electrons. The first kappa shape index (κ1) is 14.7. The second-order valence-corrected chi connectivity index (χ2v) is 7.44. The van der Waals surface area contributed by atoms with E-state index in [0.29, 0.717) is 17.9 Å². The summed E-state index contributed by atoms with van der Waals surface area (Å²) in [5, 5.41) is 0. The summed E-state index contributed by atoms with van der Waals surface area (Å²) in [6, 6.07) is 7.66. The fraction of sp³-hybridized carbons (Fsp3) is 0.562. The molecule has 0 saturated carbocycles. The molecule has 3 heteroatoms. The Hall–Kier alpha value is -0.670. The Kier molecular flexibility index (Phi) is 4.46. The van der Waals surface area contributed by atoms with Crippen LogP contribution in [0.15, 0.2) is 28.7 Å². The van der Waals surface area contributed by atoms with Crippen molar-refractivity contribution in [1.29, 1.82) is 0 Å². The van der Waals surface area contributed by atoms with Crippen LogP contribution in [-0.4, -0.2) is 30.3 Å². The van der Waals surface area contributed by atoms with E-state index in [1.165, 1.54) is 6.42 Å². The molecule has 1 aliphatic rings. The number of nitrogens with zero attached hydrogens (tertiary/aromatic N) is 1. The van der Waals surface area contributed by atoms with Crippen molar-refractivity contribution in [2.75, 3.05) is 19.6 Å². The molecule has 19 heavy (non-hydrogen) atoms. The quantitative estimate of drug-likeness (QED) is 0.783. The van der Waals surface area contributed by atoms with Crippen molar-refractivity contribution < 1.29 is 4.79 Å². The molecule has 1 fully saturated rings. The zero-order chi connectivity index (χ0) is 14.0. The Morgan fingerprint density at radius 1 is 1.42 bits per heavy atom. The minimum atomic E-state index is 0.218. The van der Waals surface area contributed by atoms with Crippen LogP contribution in [0.2, 0.25) is 0 Å². The van der Waals surface area contributed by atoms with Crippen LogP contribution < -0.4 is 0 Å². The Morgan fingerprint density at radius 3 is 2.74 bits per heavy atom. The van der Waals surface area contributed by atoms with Crippen molar-refractivity contribution in [3.05, 3.63) is 34.3 Å². The van der Waals surface area contributed by atoms with Crippen LogP contribution in [0.3, 0.4) is 0 Å². The normalized spacial score (nSPS) is 20.7. The van der Waals surface area contributed by atoms with E-state index in [0.717, 1.165) is 23.1 Å². The van der Waals surface area contributed by atoms with Crippen LogP contribution in [0.4, 0.5) is 0 Å². The zero-order valence-corrected chi connectivity index (χ0v) is 13.5. The molecule has 0 aliphatic carbocycles. The van der Waals surface area contributed by atoms with Crippen LogP contribution in [0.5, 0.6) is 0 Å². The summed E-state index contributed by atoms with van der Waals surface area (Å²) in [6.07, 6.45) is 1.20. The molecule has 1 unspecified atom stereocenters. The molecule has 2 nitrogen and oxygen atoms in total. The molecule has 1 aromatic rings. The van der Waals surface area contributed by atoms with Gasteiger partial charge in [-0.2, -0.15) is 0 Å². The van der Waals surface area contributed by atoms with E-state index < -0.39 is 0 Å². The number of Topliss-reactive ketones (excluding diaryl/α,β-unsaturated/α-hetero) is 1. The molecule has 1 saturated heterocycles. The fourth-order valence-electron chi connectivity index (χ4n) is 2.64. The number of carbonyl (C=O) groups is 1. The van der Waals surface area contributed by atoms with Gasteiger partial charge < -0.3 is 0 Å². The minimum Gasteiger partial charge on any atom is -0.295 e. The number of ketones is 1. The lowest BCUT2D eigenvalue weighted by Gasteiger charge is -2.27. The molecule has 104 valence electrons. The largest absolute Gasteiger partial charge is 0.295 e. The smallest absolute Gasteiger partial charge is 0.176 e. The number of hydrogen-bond acceptors (Lipinski definition) is 2. The second-order valence-electron chi connectivity index (χ2n) is 6.52. The van der Waals surface area contributed by atoms with E-state index in [4.69, 9.17) is 0 Å². The number of benzene rings is 1. The monoisotopic (exact) mass is 323 g/mol. The van der Waals surface area contributed by atoms with Gasteiger partial charge in [-0.25, -0.2) is 0 Å². The van der Waals surface area contributed by atoms with Gasteiger partial charge in [-0.15, -0.1) is 0 Å². The first-order valence-electron chi connectivity index (χ1n) is 6.87. The molecule has 1 heterocycles. The molecule has 2 rings (SSSR count). The Balaban J connectivity index is 1.94. The number of hydrogen-bond donors (Lipinski definition) is 0. The van der Waals surface area contributed by atoms with Crippen LogP contribution in [0.25, 0.3) is 0 Å². The lowest BCUT2D eigenvalue weighted by Crippen LogP contribution is -2.30. The van der Waals surface area contributed by atoms with Crippen LogP contribution in [-0.2, 0) is 0 Å². The van der Waals surface area contributed by atoms with Gasteiger partial charge in [0.2, 0.25) is 0 Å². The van der Waals surface area contributed by atoms with Crippen LogP contribution in [0, 0.1) is 11.3 Å². The van der Waals surface area contributed by atoms with Gasteiger partial charge in [0.15, 0.2) is 5.78 Å². The highest BCUT2D eigenvalue weighted by Crippen LogP contribution is 2.33. The summed E-state index contributed by atoms with van der Waals surface area (Å²) in [7, 11) is 0. The van der Waals surface area contributed by atoms with E-state index in [2.05, 4.69) is 41.6 Å². The molecule has 1 aromatic carbocycles. The molecule has 0 amide bonds. The van der Waals surface area contributed by atoms with E-state index in [1.807, 2.05) is 24.3 Å². The van der Waals surface area contributed by atoms with Gasteiger partial charge in [-0.1, -0.05) is 48.8 Å². The van der Waals surface area contributed by atoms with Crippen molar-refractivity contribution in [3.8, 4) is 0 Å². The predicted octanol–water partition coefficient (Wildman–Crippen LogP) is 4.00. The first-order valence-corrected chi connectivity index (χ1v) is 7.66. The molecule has 0 bridgehead atoms. The van der Waals surface area contributed by atoms with Crippen molar-refractivity contribution in [1.82, 2.24) is 4.90 Å². The average molecular weight is 324 g/mol. The molecule has 1 atom stereocenters. The summed E-state index contributed by atoms with van der Waals surface area (Å²) in [4.78, 5) is 14.5. The Bertz CT molecular complexity index is 464.